The molecule has 1 N–H and O–H groups in total. The number of carbonyl (C=O) groups is 1. The second kappa shape index (κ2) is 10.2. The monoisotopic (exact) mass is 449 g/mol. The Kier molecular flexibility index (Phi) is 7.35. The minimum Gasteiger partial charge on any atom is -0.492 e. The Morgan fingerprint density at radius 1 is 1.03 bits per heavy atom. The number of nitrogens with zero attached hydrogens (tertiary/aromatic N) is 2. The van der Waals surface area contributed by atoms with Crippen LogP contribution in [0.5, 0.6) is 5.75 Å². The lowest BCUT2D eigenvalue weighted by atomic mass is 10.3. The zero-order valence-corrected chi connectivity index (χ0v) is 16.9. The van der Waals surface area contributed by atoms with Gasteiger partial charge in [0.1, 0.15) is 18.1 Å². The maximum absolute atomic E-state index is 12.6. The first kappa shape index (κ1) is 22.4. The van der Waals surface area contributed by atoms with Gasteiger partial charge in [-0.2, -0.15) is 18.3 Å². The molecule has 1 heterocycles. The Morgan fingerprint density at radius 2 is 1.74 bits per heavy atom. The largest absolute Gasteiger partial charge is 0.492 e. The highest BCUT2D eigenvalue weighted by molar-refractivity contribution is 7.99. The van der Waals surface area contributed by atoms with Crippen LogP contribution < -0.4 is 15.6 Å². The van der Waals surface area contributed by atoms with Gasteiger partial charge in [0.15, 0.2) is 0 Å². The molecule has 3 rings (SSSR count). The lowest BCUT2D eigenvalue weighted by Crippen LogP contribution is -2.28. The van der Waals surface area contributed by atoms with Gasteiger partial charge in [-0.05, 0) is 30.3 Å². The van der Waals surface area contributed by atoms with Crippen molar-refractivity contribution >= 4 is 23.4 Å². The molecule has 3 aromatic rings. The fraction of sp³-hybridized carbons (Fsp3) is 0.190. The Labute approximate surface area is 180 Å². The van der Waals surface area contributed by atoms with Crippen LogP contribution in [0.25, 0.3) is 0 Å². The molecule has 0 fully saturated rings. The van der Waals surface area contributed by atoms with Crippen molar-refractivity contribution in [1.82, 2.24) is 9.78 Å². The maximum atomic E-state index is 12.6. The SMILES string of the molecule is O=C(Nc1ccccc1SCC(F)(F)F)c1ccc(=O)n(CCOc2ccccc2)n1. The number of alkyl halides is 3. The van der Waals surface area contributed by atoms with Crippen molar-refractivity contribution in [1.29, 1.82) is 0 Å². The van der Waals surface area contributed by atoms with Gasteiger partial charge in [-0.25, -0.2) is 4.68 Å². The Morgan fingerprint density at radius 3 is 2.48 bits per heavy atom. The molecule has 31 heavy (non-hydrogen) atoms. The zero-order chi connectivity index (χ0) is 22.3. The highest BCUT2D eigenvalue weighted by Crippen LogP contribution is 2.32. The molecule has 0 unspecified atom stereocenters. The summed E-state index contributed by atoms with van der Waals surface area (Å²) in [4.78, 5) is 24.9. The molecule has 0 aliphatic heterocycles. The van der Waals surface area contributed by atoms with Crippen molar-refractivity contribution in [2.75, 3.05) is 17.7 Å². The van der Waals surface area contributed by atoms with Crippen molar-refractivity contribution in [2.24, 2.45) is 0 Å². The summed E-state index contributed by atoms with van der Waals surface area (Å²) in [5.74, 6) is -1.08. The van der Waals surface area contributed by atoms with Gasteiger partial charge in [0.2, 0.25) is 0 Å². The van der Waals surface area contributed by atoms with Crippen LogP contribution in [0, 0.1) is 0 Å². The molecule has 1 aromatic heterocycles. The number of amides is 1. The number of thioether (sulfide) groups is 1. The average Bonchev–Trinajstić information content (AvgIpc) is 2.74. The molecule has 10 heteroatoms. The average molecular weight is 449 g/mol. The molecule has 0 spiro atoms. The van der Waals surface area contributed by atoms with E-state index >= 15 is 0 Å². The van der Waals surface area contributed by atoms with Crippen LogP contribution in [-0.2, 0) is 6.54 Å². The van der Waals surface area contributed by atoms with E-state index in [1.807, 2.05) is 18.2 Å². The number of para-hydroxylation sites is 2. The van der Waals surface area contributed by atoms with Crippen LogP contribution >= 0.6 is 11.8 Å². The third kappa shape index (κ3) is 6.88. The topological polar surface area (TPSA) is 73.2 Å². The molecule has 162 valence electrons. The number of benzene rings is 2. The fourth-order valence-corrected chi connectivity index (χ4v) is 3.31. The molecule has 0 saturated carbocycles. The van der Waals surface area contributed by atoms with Crippen LogP contribution in [-0.4, -0.2) is 34.2 Å². The van der Waals surface area contributed by atoms with E-state index in [-0.39, 0.29) is 29.4 Å². The molecule has 1 amide bonds. The minimum atomic E-state index is -4.33. The predicted molar refractivity (Wildman–Crippen MR) is 112 cm³/mol. The molecule has 0 aliphatic rings. The van der Waals surface area contributed by atoms with E-state index in [4.69, 9.17) is 4.74 Å². The Hall–Kier alpha value is -3.27. The summed E-state index contributed by atoms with van der Waals surface area (Å²) >= 11 is 0.574. The molecule has 0 bridgehead atoms. The van der Waals surface area contributed by atoms with Crippen LogP contribution in [0.4, 0.5) is 18.9 Å². The second-order valence-corrected chi connectivity index (χ2v) is 7.31. The molecule has 0 radical (unpaired) electrons. The van der Waals surface area contributed by atoms with Crippen molar-refractivity contribution in [2.45, 2.75) is 17.6 Å². The van der Waals surface area contributed by atoms with Crippen molar-refractivity contribution in [3.63, 3.8) is 0 Å². The zero-order valence-electron chi connectivity index (χ0n) is 16.1. The highest BCUT2D eigenvalue weighted by atomic mass is 32.2. The van der Waals surface area contributed by atoms with Gasteiger partial charge in [-0.3, -0.25) is 9.59 Å². The summed E-state index contributed by atoms with van der Waals surface area (Å²) in [7, 11) is 0. The Balaban J connectivity index is 1.67. The normalized spacial score (nSPS) is 11.2. The van der Waals surface area contributed by atoms with E-state index in [0.717, 1.165) is 4.68 Å². The van der Waals surface area contributed by atoms with Crippen molar-refractivity contribution in [3.05, 3.63) is 82.8 Å². The van der Waals surface area contributed by atoms with Gasteiger partial charge >= 0.3 is 6.18 Å². The van der Waals surface area contributed by atoms with Gasteiger partial charge in [0, 0.05) is 11.0 Å². The number of hydrogen-bond acceptors (Lipinski definition) is 5. The summed E-state index contributed by atoms with van der Waals surface area (Å²) in [6.07, 6.45) is -4.33. The lowest BCUT2D eigenvalue weighted by Gasteiger charge is -2.12. The van der Waals surface area contributed by atoms with Crippen LogP contribution in [0.3, 0.4) is 0 Å². The number of carbonyl (C=O) groups excluding carboxylic acids is 1. The fourth-order valence-electron chi connectivity index (χ4n) is 2.54. The smallest absolute Gasteiger partial charge is 0.398 e. The molecular weight excluding hydrogens is 431 g/mol. The second-order valence-electron chi connectivity index (χ2n) is 6.30. The third-order valence-corrected chi connectivity index (χ3v) is 5.08. The molecular formula is C21H18F3N3O3S. The first-order chi connectivity index (χ1) is 14.8. The van der Waals surface area contributed by atoms with E-state index in [1.165, 1.54) is 24.3 Å². The quantitative estimate of drug-likeness (QED) is 0.521. The summed E-state index contributed by atoms with van der Waals surface area (Å²) in [6, 6.07) is 17.7. The molecule has 2 aromatic carbocycles. The number of ether oxygens (including phenoxy) is 1. The summed E-state index contributed by atoms with van der Waals surface area (Å²) in [5, 5.41) is 6.60. The number of halogens is 3. The Bertz CT molecular complexity index is 1090. The molecule has 0 aliphatic carbocycles. The minimum absolute atomic E-state index is 0.0464. The summed E-state index contributed by atoms with van der Waals surface area (Å²) in [5.41, 5.74) is -0.224. The number of aromatic nitrogens is 2. The molecule has 6 nitrogen and oxygen atoms in total. The van der Waals surface area contributed by atoms with Gasteiger partial charge in [-0.1, -0.05) is 30.3 Å². The van der Waals surface area contributed by atoms with E-state index in [2.05, 4.69) is 10.4 Å². The van der Waals surface area contributed by atoms with Crippen LogP contribution in [0.2, 0.25) is 0 Å². The van der Waals surface area contributed by atoms with Crippen LogP contribution in [0.15, 0.2) is 76.4 Å². The lowest BCUT2D eigenvalue weighted by molar-refractivity contribution is -0.105. The van der Waals surface area contributed by atoms with Gasteiger partial charge < -0.3 is 10.1 Å². The molecule has 0 atom stereocenters. The predicted octanol–water partition coefficient (Wildman–Crippen LogP) is 4.23. The van der Waals surface area contributed by atoms with Crippen molar-refractivity contribution < 1.29 is 22.7 Å². The highest BCUT2D eigenvalue weighted by Gasteiger charge is 2.27. The van der Waals surface area contributed by atoms with Gasteiger partial charge in [0.05, 0.1) is 18.0 Å². The number of rotatable bonds is 8. The van der Waals surface area contributed by atoms with E-state index < -0.39 is 23.4 Å². The van der Waals surface area contributed by atoms with E-state index in [9.17, 15) is 22.8 Å². The maximum Gasteiger partial charge on any atom is 0.398 e. The first-order valence-electron chi connectivity index (χ1n) is 9.18. The summed E-state index contributed by atoms with van der Waals surface area (Å²) in [6.45, 7) is 0.284. The summed E-state index contributed by atoms with van der Waals surface area (Å²) < 4.78 is 44.2. The van der Waals surface area contributed by atoms with Gasteiger partial charge in [-0.15, -0.1) is 11.8 Å². The number of hydrogen-bond donors (Lipinski definition) is 1. The van der Waals surface area contributed by atoms with Crippen molar-refractivity contribution in [3.8, 4) is 5.75 Å². The first-order valence-corrected chi connectivity index (χ1v) is 10.2. The van der Waals surface area contributed by atoms with Gasteiger partial charge in [0.25, 0.3) is 11.5 Å². The van der Waals surface area contributed by atoms with E-state index in [1.54, 1.807) is 24.3 Å². The molecule has 0 saturated heterocycles. The van der Waals surface area contributed by atoms with Crippen LogP contribution in [0.1, 0.15) is 10.5 Å². The standard InChI is InChI=1S/C21H18F3N3O3S/c22-21(23,24)14-31-18-9-5-4-8-16(18)25-20(29)17-10-11-19(28)27(26-17)12-13-30-15-6-2-1-3-7-15/h1-11H,12-14H2,(H,25,29). The third-order valence-electron chi connectivity index (χ3n) is 3.94. The van der Waals surface area contributed by atoms with E-state index in [0.29, 0.717) is 17.5 Å². The number of nitrogens with one attached hydrogen (secondary N) is 1. The number of anilines is 1.